The van der Waals surface area contributed by atoms with Crippen LogP contribution < -0.4 is 14.2 Å². The molecular weight excluding hydrogens is 376 g/mol. The summed E-state index contributed by atoms with van der Waals surface area (Å²) in [5, 5.41) is 20.4. The van der Waals surface area contributed by atoms with Crippen molar-refractivity contribution in [2.75, 3.05) is 14.2 Å². The second kappa shape index (κ2) is 7.56. The Balaban J connectivity index is 1.79. The van der Waals surface area contributed by atoms with Gasteiger partial charge in [-0.05, 0) is 47.5 Å². The average molecular weight is 396 g/mol. The van der Waals surface area contributed by atoms with E-state index in [1.54, 1.807) is 36.0 Å². The van der Waals surface area contributed by atoms with E-state index in [0.717, 1.165) is 21.8 Å². The minimum atomic E-state index is -0.357. The quantitative estimate of drug-likeness (QED) is 0.641. The van der Waals surface area contributed by atoms with Crippen molar-refractivity contribution >= 4 is 11.8 Å². The van der Waals surface area contributed by atoms with Gasteiger partial charge < -0.3 is 24.4 Å². The number of phenolic OH excluding ortho intramolecular Hbond substituents is 2. The topological polar surface area (TPSA) is 68.2 Å². The van der Waals surface area contributed by atoms with E-state index in [4.69, 9.17) is 14.2 Å². The summed E-state index contributed by atoms with van der Waals surface area (Å²) >= 11 is 1.66. The zero-order chi connectivity index (χ0) is 19.7. The van der Waals surface area contributed by atoms with Crippen molar-refractivity contribution in [3.8, 4) is 28.7 Å². The Morgan fingerprint density at radius 3 is 2.07 bits per heavy atom. The lowest BCUT2D eigenvalue weighted by Gasteiger charge is -2.34. The number of thioether (sulfide) groups is 1. The van der Waals surface area contributed by atoms with Crippen molar-refractivity contribution in [2.45, 2.75) is 16.2 Å². The molecule has 1 heterocycles. The molecule has 0 bridgehead atoms. The molecule has 1 aliphatic heterocycles. The van der Waals surface area contributed by atoms with Crippen LogP contribution in [0.5, 0.6) is 28.7 Å². The van der Waals surface area contributed by atoms with Crippen molar-refractivity contribution in [2.24, 2.45) is 0 Å². The van der Waals surface area contributed by atoms with Crippen LogP contribution in [0.3, 0.4) is 0 Å². The van der Waals surface area contributed by atoms with Crippen LogP contribution in [0, 0.1) is 0 Å². The minimum absolute atomic E-state index is 0.0591. The van der Waals surface area contributed by atoms with Gasteiger partial charge >= 0.3 is 0 Å². The van der Waals surface area contributed by atoms with Gasteiger partial charge in [0.15, 0.2) is 23.0 Å². The normalized spacial score (nSPS) is 18.1. The van der Waals surface area contributed by atoms with Crippen LogP contribution >= 0.6 is 11.8 Å². The fraction of sp³-hybridized carbons (Fsp3) is 0.182. The Hall–Kier alpha value is -2.99. The number of ether oxygens (including phenoxy) is 3. The second-order valence-electron chi connectivity index (χ2n) is 6.39. The number of hydrogen-bond acceptors (Lipinski definition) is 6. The highest BCUT2D eigenvalue weighted by Gasteiger charge is 2.34. The van der Waals surface area contributed by atoms with Crippen molar-refractivity contribution < 1.29 is 24.4 Å². The summed E-state index contributed by atoms with van der Waals surface area (Å²) in [7, 11) is 3.03. The first-order valence-electron chi connectivity index (χ1n) is 8.77. The van der Waals surface area contributed by atoms with Gasteiger partial charge in [0.1, 0.15) is 11.9 Å². The summed E-state index contributed by atoms with van der Waals surface area (Å²) in [5.41, 5.74) is 1.72. The van der Waals surface area contributed by atoms with E-state index < -0.39 is 0 Å². The predicted octanol–water partition coefficient (Wildman–Crippen LogP) is 5.08. The number of fused-ring (bicyclic) bond motifs is 1. The van der Waals surface area contributed by atoms with Gasteiger partial charge in [-0.2, -0.15) is 0 Å². The van der Waals surface area contributed by atoms with Crippen LogP contribution in [-0.4, -0.2) is 24.4 Å². The third-order valence-corrected chi connectivity index (χ3v) is 6.06. The number of rotatable bonds is 4. The van der Waals surface area contributed by atoms with E-state index in [2.05, 4.69) is 0 Å². The van der Waals surface area contributed by atoms with Gasteiger partial charge in [-0.15, -0.1) is 11.8 Å². The van der Waals surface area contributed by atoms with Crippen molar-refractivity contribution in [3.63, 3.8) is 0 Å². The van der Waals surface area contributed by atoms with Crippen LogP contribution in [0.2, 0.25) is 0 Å². The standard InChI is InChI=1S/C22H20O5S/c1-25-17-9-7-13(11-15(17)23)21-22(14-8-10-18(26-2)16(24)12-14)28-20-6-4-3-5-19(20)27-21/h3-12,21-24H,1-2H3. The smallest absolute Gasteiger partial charge is 0.160 e. The van der Waals surface area contributed by atoms with Gasteiger partial charge in [0, 0.05) is 0 Å². The molecule has 2 N–H and O–H groups in total. The van der Waals surface area contributed by atoms with Crippen LogP contribution in [0.15, 0.2) is 65.6 Å². The fourth-order valence-electron chi connectivity index (χ4n) is 3.30. The maximum absolute atomic E-state index is 10.3. The molecule has 0 saturated heterocycles. The van der Waals surface area contributed by atoms with Gasteiger partial charge in [0.25, 0.3) is 0 Å². The maximum atomic E-state index is 10.3. The van der Waals surface area contributed by atoms with Crippen LogP contribution in [0.1, 0.15) is 22.5 Å². The van der Waals surface area contributed by atoms with Crippen molar-refractivity contribution in [1.82, 2.24) is 0 Å². The first-order chi connectivity index (χ1) is 13.6. The molecule has 0 radical (unpaired) electrons. The molecule has 2 unspecified atom stereocenters. The lowest BCUT2D eigenvalue weighted by molar-refractivity contribution is 0.190. The molecule has 0 spiro atoms. The Morgan fingerprint density at radius 1 is 0.821 bits per heavy atom. The first-order valence-corrected chi connectivity index (χ1v) is 9.65. The summed E-state index contributed by atoms with van der Waals surface area (Å²) in [5.74, 6) is 1.76. The number of benzene rings is 3. The van der Waals surface area contributed by atoms with Gasteiger partial charge in [-0.1, -0.05) is 24.3 Å². The molecule has 144 valence electrons. The molecule has 3 aromatic rings. The van der Waals surface area contributed by atoms with Crippen molar-refractivity contribution in [1.29, 1.82) is 0 Å². The molecule has 3 aromatic carbocycles. The predicted molar refractivity (Wildman–Crippen MR) is 108 cm³/mol. The zero-order valence-electron chi connectivity index (χ0n) is 15.5. The third-order valence-electron chi connectivity index (χ3n) is 4.69. The second-order valence-corrected chi connectivity index (χ2v) is 7.57. The molecule has 0 aromatic heterocycles. The van der Waals surface area contributed by atoms with Gasteiger partial charge in [-0.25, -0.2) is 0 Å². The SMILES string of the molecule is COc1ccc(C2Oc3ccccc3SC2c2ccc(OC)c(O)c2)cc1O. The highest BCUT2D eigenvalue weighted by atomic mass is 32.2. The lowest BCUT2D eigenvalue weighted by atomic mass is 9.99. The van der Waals surface area contributed by atoms with Gasteiger partial charge in [-0.3, -0.25) is 0 Å². The Kier molecular flexibility index (Phi) is 4.96. The Morgan fingerprint density at radius 2 is 1.43 bits per heavy atom. The molecule has 2 atom stereocenters. The molecular formula is C22H20O5S. The molecule has 0 aliphatic carbocycles. The molecule has 28 heavy (non-hydrogen) atoms. The van der Waals surface area contributed by atoms with Crippen LogP contribution in [0.4, 0.5) is 0 Å². The largest absolute Gasteiger partial charge is 0.504 e. The third kappa shape index (κ3) is 3.31. The van der Waals surface area contributed by atoms with E-state index in [1.807, 2.05) is 36.4 Å². The lowest BCUT2D eigenvalue weighted by Crippen LogP contribution is -2.19. The number of methoxy groups -OCH3 is 2. The molecule has 5 nitrogen and oxygen atoms in total. The number of aromatic hydroxyl groups is 2. The van der Waals surface area contributed by atoms with E-state index in [1.165, 1.54) is 14.2 Å². The molecule has 0 amide bonds. The monoisotopic (exact) mass is 396 g/mol. The fourth-order valence-corrected chi connectivity index (χ4v) is 4.58. The highest BCUT2D eigenvalue weighted by molar-refractivity contribution is 7.99. The summed E-state index contributed by atoms with van der Waals surface area (Å²) < 4.78 is 16.6. The number of para-hydroxylation sites is 1. The molecule has 0 saturated carbocycles. The number of phenols is 2. The van der Waals surface area contributed by atoms with Crippen LogP contribution in [0.25, 0.3) is 0 Å². The molecule has 6 heteroatoms. The zero-order valence-corrected chi connectivity index (χ0v) is 16.3. The first kappa shape index (κ1) is 18.4. The summed E-state index contributed by atoms with van der Waals surface area (Å²) in [4.78, 5) is 1.02. The average Bonchev–Trinajstić information content (AvgIpc) is 2.72. The van der Waals surface area contributed by atoms with Crippen molar-refractivity contribution in [3.05, 3.63) is 71.8 Å². The van der Waals surface area contributed by atoms with E-state index in [9.17, 15) is 10.2 Å². The summed E-state index contributed by atoms with van der Waals surface area (Å²) in [6.45, 7) is 0. The Labute approximate surface area is 167 Å². The highest BCUT2D eigenvalue weighted by Crippen LogP contribution is 2.54. The maximum Gasteiger partial charge on any atom is 0.160 e. The number of hydrogen-bond donors (Lipinski definition) is 2. The molecule has 0 fully saturated rings. The van der Waals surface area contributed by atoms with E-state index in [0.29, 0.717) is 11.5 Å². The minimum Gasteiger partial charge on any atom is -0.504 e. The molecule has 4 rings (SSSR count). The summed E-state index contributed by atoms with van der Waals surface area (Å²) in [6, 6.07) is 18.5. The summed E-state index contributed by atoms with van der Waals surface area (Å²) in [6.07, 6.45) is -0.357. The van der Waals surface area contributed by atoms with Gasteiger partial charge in [0.2, 0.25) is 0 Å². The van der Waals surface area contributed by atoms with E-state index >= 15 is 0 Å². The van der Waals surface area contributed by atoms with Gasteiger partial charge in [0.05, 0.1) is 24.4 Å². The van der Waals surface area contributed by atoms with E-state index in [-0.39, 0.29) is 22.9 Å². The van der Waals surface area contributed by atoms with Crippen LogP contribution in [-0.2, 0) is 0 Å². The Bertz CT molecular complexity index is 923. The molecule has 1 aliphatic rings.